The lowest BCUT2D eigenvalue weighted by Gasteiger charge is -2.30. The van der Waals surface area contributed by atoms with Gasteiger partial charge in [0.1, 0.15) is 5.54 Å². The van der Waals surface area contributed by atoms with Crippen LogP contribution in [0, 0.1) is 0 Å². The van der Waals surface area contributed by atoms with Crippen LogP contribution in [0.25, 0.3) is 0 Å². The van der Waals surface area contributed by atoms with Crippen molar-refractivity contribution in [3.63, 3.8) is 0 Å². The SMILES string of the molecule is CCNC(C)(CCCN(C)C1CCOC1C)C(=O)OC. The van der Waals surface area contributed by atoms with E-state index in [4.69, 9.17) is 9.47 Å². The van der Waals surface area contributed by atoms with Gasteiger partial charge in [-0.3, -0.25) is 4.79 Å². The number of hydrogen-bond donors (Lipinski definition) is 1. The Morgan fingerprint density at radius 3 is 2.75 bits per heavy atom. The summed E-state index contributed by atoms with van der Waals surface area (Å²) in [5.41, 5.74) is -0.581. The van der Waals surface area contributed by atoms with E-state index in [9.17, 15) is 4.79 Å². The van der Waals surface area contributed by atoms with Gasteiger partial charge in [0.05, 0.1) is 13.2 Å². The quantitative estimate of drug-likeness (QED) is 0.684. The highest BCUT2D eigenvalue weighted by molar-refractivity contribution is 5.80. The van der Waals surface area contributed by atoms with Crippen molar-refractivity contribution in [1.82, 2.24) is 10.2 Å². The highest BCUT2D eigenvalue weighted by Crippen LogP contribution is 2.20. The van der Waals surface area contributed by atoms with Crippen LogP contribution in [0.2, 0.25) is 0 Å². The fraction of sp³-hybridized carbons (Fsp3) is 0.933. The molecule has 1 aliphatic heterocycles. The van der Waals surface area contributed by atoms with Gasteiger partial charge in [-0.15, -0.1) is 0 Å². The summed E-state index contributed by atoms with van der Waals surface area (Å²) in [4.78, 5) is 14.2. The number of hydrogen-bond acceptors (Lipinski definition) is 5. The van der Waals surface area contributed by atoms with E-state index in [1.807, 2.05) is 13.8 Å². The molecule has 0 radical (unpaired) electrons. The van der Waals surface area contributed by atoms with Crippen LogP contribution in [0.3, 0.4) is 0 Å². The lowest BCUT2D eigenvalue weighted by molar-refractivity contribution is -0.148. The average molecular weight is 286 g/mol. The maximum atomic E-state index is 11.9. The Morgan fingerprint density at radius 1 is 1.55 bits per heavy atom. The number of nitrogens with zero attached hydrogens (tertiary/aromatic N) is 1. The molecule has 1 rings (SSSR count). The van der Waals surface area contributed by atoms with E-state index in [0.29, 0.717) is 12.1 Å². The number of likely N-dealkylation sites (N-methyl/N-ethyl adjacent to an activating group) is 2. The summed E-state index contributed by atoms with van der Waals surface area (Å²) in [6.07, 6.45) is 3.14. The van der Waals surface area contributed by atoms with Crippen LogP contribution < -0.4 is 5.32 Å². The molecule has 1 N–H and O–H groups in total. The molecular weight excluding hydrogens is 256 g/mol. The van der Waals surface area contributed by atoms with Gasteiger partial charge in [0, 0.05) is 12.6 Å². The molecular formula is C15H30N2O3. The fourth-order valence-electron chi connectivity index (χ4n) is 3.03. The Kier molecular flexibility index (Phi) is 6.92. The molecule has 20 heavy (non-hydrogen) atoms. The lowest BCUT2D eigenvalue weighted by atomic mass is 9.95. The van der Waals surface area contributed by atoms with Crippen molar-refractivity contribution in [3.8, 4) is 0 Å². The number of carbonyl (C=O) groups excluding carboxylic acids is 1. The molecule has 0 bridgehead atoms. The van der Waals surface area contributed by atoms with Crippen molar-refractivity contribution in [2.45, 2.75) is 57.7 Å². The van der Waals surface area contributed by atoms with E-state index in [-0.39, 0.29) is 5.97 Å². The highest BCUT2D eigenvalue weighted by Gasteiger charge is 2.33. The molecule has 3 atom stereocenters. The second-order valence-corrected chi connectivity index (χ2v) is 5.87. The minimum atomic E-state index is -0.581. The van der Waals surface area contributed by atoms with Gasteiger partial charge in [-0.05, 0) is 53.2 Å². The van der Waals surface area contributed by atoms with Crippen molar-refractivity contribution in [1.29, 1.82) is 0 Å². The van der Waals surface area contributed by atoms with E-state index in [1.165, 1.54) is 7.11 Å². The molecule has 0 aromatic carbocycles. The van der Waals surface area contributed by atoms with Crippen molar-refractivity contribution in [2.24, 2.45) is 0 Å². The average Bonchev–Trinajstić information content (AvgIpc) is 2.84. The zero-order chi connectivity index (χ0) is 15.2. The Hall–Kier alpha value is -0.650. The molecule has 1 aliphatic rings. The molecule has 5 nitrogen and oxygen atoms in total. The Morgan fingerprint density at radius 2 is 2.25 bits per heavy atom. The molecule has 0 aromatic heterocycles. The van der Waals surface area contributed by atoms with Gasteiger partial charge in [0.25, 0.3) is 0 Å². The van der Waals surface area contributed by atoms with E-state index in [2.05, 4.69) is 24.2 Å². The third-order valence-electron chi connectivity index (χ3n) is 4.29. The van der Waals surface area contributed by atoms with Crippen LogP contribution >= 0.6 is 0 Å². The van der Waals surface area contributed by atoms with Gasteiger partial charge >= 0.3 is 5.97 Å². The first kappa shape index (κ1) is 17.4. The summed E-state index contributed by atoms with van der Waals surface area (Å²) in [6, 6.07) is 0.499. The van der Waals surface area contributed by atoms with Gasteiger partial charge in [0.2, 0.25) is 0 Å². The standard InChI is InChI=1S/C15H30N2O3/c1-6-16-15(3,14(18)19-5)9-7-10-17(4)13-8-11-20-12(13)2/h12-13,16H,6-11H2,1-5H3. The predicted molar refractivity (Wildman–Crippen MR) is 79.8 cm³/mol. The topological polar surface area (TPSA) is 50.8 Å². The van der Waals surface area contributed by atoms with Crippen LogP contribution in [-0.2, 0) is 14.3 Å². The molecule has 0 spiro atoms. The maximum Gasteiger partial charge on any atom is 0.325 e. The van der Waals surface area contributed by atoms with Gasteiger partial charge < -0.3 is 19.7 Å². The fourth-order valence-corrected chi connectivity index (χ4v) is 3.03. The highest BCUT2D eigenvalue weighted by atomic mass is 16.5. The first-order valence-electron chi connectivity index (χ1n) is 7.60. The minimum Gasteiger partial charge on any atom is -0.468 e. The molecule has 3 unspecified atom stereocenters. The lowest BCUT2D eigenvalue weighted by Crippen LogP contribution is -2.50. The summed E-state index contributed by atoms with van der Waals surface area (Å²) in [5.74, 6) is -0.181. The van der Waals surface area contributed by atoms with E-state index in [1.54, 1.807) is 0 Å². The largest absolute Gasteiger partial charge is 0.468 e. The second-order valence-electron chi connectivity index (χ2n) is 5.87. The molecule has 0 aromatic rings. The van der Waals surface area contributed by atoms with Gasteiger partial charge in [-0.2, -0.15) is 0 Å². The molecule has 0 amide bonds. The smallest absolute Gasteiger partial charge is 0.325 e. The second kappa shape index (κ2) is 7.96. The Labute approximate surface area is 123 Å². The third-order valence-corrected chi connectivity index (χ3v) is 4.29. The monoisotopic (exact) mass is 286 g/mol. The van der Waals surface area contributed by atoms with E-state index in [0.717, 1.165) is 39.0 Å². The number of nitrogens with one attached hydrogen (secondary N) is 1. The molecule has 1 heterocycles. The summed E-state index contributed by atoms with van der Waals surface area (Å²) >= 11 is 0. The maximum absolute atomic E-state index is 11.9. The summed E-state index contributed by atoms with van der Waals surface area (Å²) in [5, 5.41) is 3.24. The van der Waals surface area contributed by atoms with Gasteiger partial charge in [-0.1, -0.05) is 6.92 Å². The third kappa shape index (κ3) is 4.43. The first-order valence-corrected chi connectivity index (χ1v) is 7.60. The number of methoxy groups -OCH3 is 1. The first-order chi connectivity index (χ1) is 9.44. The van der Waals surface area contributed by atoms with Crippen LogP contribution in [0.1, 0.15) is 40.0 Å². The van der Waals surface area contributed by atoms with Crippen molar-refractivity contribution in [2.75, 3.05) is 33.9 Å². The zero-order valence-electron chi connectivity index (χ0n) is 13.6. The molecule has 0 saturated carbocycles. The number of ether oxygens (including phenoxy) is 2. The van der Waals surface area contributed by atoms with Gasteiger partial charge in [0.15, 0.2) is 0 Å². The van der Waals surface area contributed by atoms with E-state index >= 15 is 0 Å². The predicted octanol–water partition coefficient (Wildman–Crippen LogP) is 1.42. The summed E-state index contributed by atoms with van der Waals surface area (Å²) in [7, 11) is 3.58. The van der Waals surface area contributed by atoms with Crippen LogP contribution in [-0.4, -0.2) is 62.4 Å². The molecule has 1 fully saturated rings. The van der Waals surface area contributed by atoms with Gasteiger partial charge in [-0.25, -0.2) is 0 Å². The van der Waals surface area contributed by atoms with Crippen molar-refractivity contribution < 1.29 is 14.3 Å². The zero-order valence-corrected chi connectivity index (χ0v) is 13.6. The van der Waals surface area contributed by atoms with E-state index < -0.39 is 5.54 Å². The van der Waals surface area contributed by atoms with Crippen molar-refractivity contribution in [3.05, 3.63) is 0 Å². The summed E-state index contributed by atoms with van der Waals surface area (Å²) < 4.78 is 10.5. The summed E-state index contributed by atoms with van der Waals surface area (Å²) in [6.45, 7) is 8.64. The van der Waals surface area contributed by atoms with Crippen molar-refractivity contribution >= 4 is 5.97 Å². The Bertz CT molecular complexity index is 311. The normalized spacial score (nSPS) is 25.7. The molecule has 5 heteroatoms. The van der Waals surface area contributed by atoms with Crippen LogP contribution in [0.4, 0.5) is 0 Å². The molecule has 1 saturated heterocycles. The van der Waals surface area contributed by atoms with Crippen LogP contribution in [0.15, 0.2) is 0 Å². The Balaban J connectivity index is 2.42. The number of rotatable bonds is 8. The number of carbonyl (C=O) groups is 1. The molecule has 0 aliphatic carbocycles. The minimum absolute atomic E-state index is 0.181. The van der Waals surface area contributed by atoms with Crippen LogP contribution in [0.5, 0.6) is 0 Å². The molecule has 118 valence electrons. The number of esters is 1.